The van der Waals surface area contributed by atoms with Gasteiger partial charge in [-0.2, -0.15) is 0 Å². The zero-order valence-electron chi connectivity index (χ0n) is 11.1. The number of hydrogen-bond acceptors (Lipinski definition) is 5. The minimum atomic E-state index is -0.598. The third-order valence-electron chi connectivity index (χ3n) is 2.86. The van der Waals surface area contributed by atoms with Gasteiger partial charge in [-0.3, -0.25) is 10.1 Å². The van der Waals surface area contributed by atoms with Crippen molar-refractivity contribution >= 4 is 49.2 Å². The highest BCUT2D eigenvalue weighted by Crippen LogP contribution is 2.30. The zero-order valence-corrected chi connectivity index (χ0v) is 14.3. The molecule has 6 nitrogen and oxygen atoms in total. The molecular formula is C14H10Br2N2O4. The number of anilines is 1. The Morgan fingerprint density at radius 2 is 1.82 bits per heavy atom. The monoisotopic (exact) mass is 428 g/mol. The quantitative estimate of drug-likeness (QED) is 0.342. The molecule has 0 amide bonds. The Morgan fingerprint density at radius 1 is 1.23 bits per heavy atom. The zero-order chi connectivity index (χ0) is 16.3. The van der Waals surface area contributed by atoms with Crippen LogP contribution in [0.15, 0.2) is 45.3 Å². The highest BCUT2D eigenvalue weighted by molar-refractivity contribution is 9.11. The van der Waals surface area contributed by atoms with Crippen LogP contribution < -0.4 is 5.73 Å². The lowest BCUT2D eigenvalue weighted by atomic mass is 10.2. The number of para-hydroxylation sites is 1. The molecule has 22 heavy (non-hydrogen) atoms. The second-order valence-corrected chi connectivity index (χ2v) is 6.02. The molecule has 0 atom stereocenters. The Morgan fingerprint density at radius 3 is 2.41 bits per heavy atom. The molecule has 0 aliphatic heterocycles. The minimum Gasteiger partial charge on any atom is -0.457 e. The summed E-state index contributed by atoms with van der Waals surface area (Å²) >= 11 is 6.48. The van der Waals surface area contributed by atoms with E-state index in [4.69, 9.17) is 10.5 Å². The van der Waals surface area contributed by atoms with Crippen LogP contribution in [-0.2, 0) is 11.3 Å². The molecule has 0 saturated carbocycles. The first-order valence-corrected chi connectivity index (χ1v) is 7.62. The highest BCUT2D eigenvalue weighted by atomic mass is 79.9. The predicted octanol–water partition coefficient (Wildman–Crippen LogP) is 4.06. The minimum absolute atomic E-state index is 0.0880. The van der Waals surface area contributed by atoms with Crippen LogP contribution in [0, 0.1) is 10.1 Å². The summed E-state index contributed by atoms with van der Waals surface area (Å²) in [6, 6.07) is 9.16. The molecule has 0 radical (unpaired) electrons. The lowest BCUT2D eigenvalue weighted by Gasteiger charge is -2.08. The van der Waals surface area contributed by atoms with Crippen molar-refractivity contribution in [2.45, 2.75) is 6.61 Å². The molecule has 0 aromatic heterocycles. The molecule has 0 bridgehead atoms. The normalized spacial score (nSPS) is 10.3. The van der Waals surface area contributed by atoms with Crippen LogP contribution in [-0.4, -0.2) is 10.9 Å². The summed E-state index contributed by atoms with van der Waals surface area (Å²) < 4.78 is 6.24. The van der Waals surface area contributed by atoms with Crippen LogP contribution in [0.1, 0.15) is 15.9 Å². The van der Waals surface area contributed by atoms with Crippen molar-refractivity contribution in [3.05, 3.63) is 66.6 Å². The van der Waals surface area contributed by atoms with Crippen molar-refractivity contribution in [3.63, 3.8) is 0 Å². The summed E-state index contributed by atoms with van der Waals surface area (Å²) in [5, 5.41) is 10.9. The van der Waals surface area contributed by atoms with Gasteiger partial charge in [0, 0.05) is 15.0 Å². The number of carbonyl (C=O) groups excluding carboxylic acids is 1. The number of carbonyl (C=O) groups is 1. The molecule has 0 heterocycles. The number of nitro benzene ring substituents is 1. The number of halogens is 2. The first-order chi connectivity index (χ1) is 10.4. The Kier molecular flexibility index (Phi) is 5.15. The average Bonchev–Trinajstić information content (AvgIpc) is 2.49. The molecule has 8 heteroatoms. The summed E-state index contributed by atoms with van der Waals surface area (Å²) in [6.45, 7) is -0.185. The topological polar surface area (TPSA) is 95.5 Å². The van der Waals surface area contributed by atoms with E-state index < -0.39 is 10.9 Å². The van der Waals surface area contributed by atoms with Crippen LogP contribution in [0.25, 0.3) is 0 Å². The van der Waals surface area contributed by atoms with Gasteiger partial charge >= 0.3 is 5.97 Å². The SMILES string of the molecule is Nc1c(Br)cc(C(=O)OCc2ccccc2[N+](=O)[O-])cc1Br. The number of nitrogens with zero attached hydrogens (tertiary/aromatic N) is 1. The van der Waals surface area contributed by atoms with Gasteiger partial charge in [0.25, 0.3) is 5.69 Å². The van der Waals surface area contributed by atoms with Gasteiger partial charge in [0.15, 0.2) is 0 Å². The second kappa shape index (κ2) is 6.89. The number of ether oxygens (including phenoxy) is 1. The molecule has 2 rings (SSSR count). The lowest BCUT2D eigenvalue weighted by Crippen LogP contribution is -2.07. The fraction of sp³-hybridized carbons (Fsp3) is 0.0714. The van der Waals surface area contributed by atoms with Crippen LogP contribution in [0.3, 0.4) is 0 Å². The molecule has 0 spiro atoms. The molecule has 0 unspecified atom stereocenters. The number of benzene rings is 2. The Labute approximate surface area is 142 Å². The molecule has 2 aromatic rings. The Bertz CT molecular complexity index is 726. The summed E-state index contributed by atoms with van der Waals surface area (Å²) in [4.78, 5) is 22.4. The number of esters is 1. The maximum absolute atomic E-state index is 12.0. The Balaban J connectivity index is 2.16. The van der Waals surface area contributed by atoms with Crippen LogP contribution in [0.4, 0.5) is 11.4 Å². The fourth-order valence-electron chi connectivity index (χ4n) is 1.74. The molecule has 0 fully saturated rings. The van der Waals surface area contributed by atoms with Crippen molar-refractivity contribution in [2.75, 3.05) is 5.73 Å². The smallest absolute Gasteiger partial charge is 0.338 e. The van der Waals surface area contributed by atoms with Gasteiger partial charge in [-0.1, -0.05) is 12.1 Å². The van der Waals surface area contributed by atoms with Crippen LogP contribution in [0.2, 0.25) is 0 Å². The van der Waals surface area contributed by atoms with Gasteiger partial charge in [0.1, 0.15) is 6.61 Å². The summed E-state index contributed by atoms with van der Waals surface area (Å²) in [6.07, 6.45) is 0. The number of rotatable bonds is 4. The van der Waals surface area contributed by atoms with Crippen LogP contribution in [0.5, 0.6) is 0 Å². The van der Waals surface area contributed by atoms with Gasteiger partial charge in [-0.25, -0.2) is 4.79 Å². The molecule has 2 N–H and O–H groups in total. The van der Waals surface area contributed by atoms with E-state index in [0.29, 0.717) is 20.2 Å². The molecule has 0 aliphatic carbocycles. The van der Waals surface area contributed by atoms with E-state index in [0.717, 1.165) is 0 Å². The van der Waals surface area contributed by atoms with Crippen molar-refractivity contribution in [1.82, 2.24) is 0 Å². The van der Waals surface area contributed by atoms with Crippen molar-refractivity contribution in [1.29, 1.82) is 0 Å². The van der Waals surface area contributed by atoms with Gasteiger partial charge in [-0.05, 0) is 50.1 Å². The molecule has 114 valence electrons. The van der Waals surface area contributed by atoms with Crippen molar-refractivity contribution in [2.24, 2.45) is 0 Å². The van der Waals surface area contributed by atoms with Crippen molar-refractivity contribution in [3.8, 4) is 0 Å². The highest BCUT2D eigenvalue weighted by Gasteiger charge is 2.16. The second-order valence-electron chi connectivity index (χ2n) is 4.32. The van der Waals surface area contributed by atoms with Gasteiger partial charge in [-0.15, -0.1) is 0 Å². The van der Waals surface area contributed by atoms with E-state index in [9.17, 15) is 14.9 Å². The number of nitro groups is 1. The van der Waals surface area contributed by atoms with E-state index in [1.165, 1.54) is 18.2 Å². The van der Waals surface area contributed by atoms with E-state index >= 15 is 0 Å². The summed E-state index contributed by atoms with van der Waals surface area (Å²) in [7, 11) is 0. The lowest BCUT2D eigenvalue weighted by molar-refractivity contribution is -0.385. The van der Waals surface area contributed by atoms with E-state index in [1.807, 2.05) is 0 Å². The maximum Gasteiger partial charge on any atom is 0.338 e. The largest absolute Gasteiger partial charge is 0.457 e. The van der Waals surface area contributed by atoms with Crippen molar-refractivity contribution < 1.29 is 14.5 Å². The molecular weight excluding hydrogens is 420 g/mol. The number of hydrogen-bond donors (Lipinski definition) is 1. The summed E-state index contributed by atoms with van der Waals surface area (Å²) in [5.74, 6) is -0.598. The van der Waals surface area contributed by atoms with Gasteiger partial charge in [0.2, 0.25) is 0 Å². The number of nitrogens with two attached hydrogens (primary N) is 1. The fourth-order valence-corrected chi connectivity index (χ4v) is 2.93. The average molecular weight is 430 g/mol. The van der Waals surface area contributed by atoms with E-state index in [-0.39, 0.29) is 17.9 Å². The first-order valence-electron chi connectivity index (χ1n) is 6.04. The predicted molar refractivity (Wildman–Crippen MR) is 88.5 cm³/mol. The standard InChI is InChI=1S/C14H10Br2N2O4/c15-10-5-9(6-11(16)13(10)17)14(19)22-7-8-3-1-2-4-12(8)18(20)21/h1-6H,7,17H2. The van der Waals surface area contributed by atoms with Gasteiger partial charge < -0.3 is 10.5 Å². The van der Waals surface area contributed by atoms with Gasteiger partial charge in [0.05, 0.1) is 21.7 Å². The molecule has 0 aliphatic rings. The Hall–Kier alpha value is -1.93. The van der Waals surface area contributed by atoms with Crippen LogP contribution >= 0.6 is 31.9 Å². The number of nitrogen functional groups attached to an aromatic ring is 1. The molecule has 0 saturated heterocycles. The van der Waals surface area contributed by atoms with E-state index in [2.05, 4.69) is 31.9 Å². The third kappa shape index (κ3) is 3.63. The van der Waals surface area contributed by atoms with E-state index in [1.54, 1.807) is 18.2 Å². The third-order valence-corrected chi connectivity index (χ3v) is 4.17. The maximum atomic E-state index is 12.0. The summed E-state index contributed by atoms with van der Waals surface area (Å²) in [5.41, 5.74) is 6.74. The molecule has 2 aromatic carbocycles. The first kappa shape index (κ1) is 16.4.